The van der Waals surface area contributed by atoms with Crippen molar-refractivity contribution in [1.82, 2.24) is 5.32 Å². The van der Waals surface area contributed by atoms with Gasteiger partial charge in [-0.3, -0.25) is 9.69 Å². The van der Waals surface area contributed by atoms with Gasteiger partial charge in [0.2, 0.25) is 0 Å². The minimum absolute atomic E-state index is 0.234. The van der Waals surface area contributed by atoms with Crippen molar-refractivity contribution in [3.05, 3.63) is 58.2 Å². The Morgan fingerprint density at radius 1 is 1.12 bits per heavy atom. The maximum atomic E-state index is 12.9. The number of rotatable bonds is 4. The highest BCUT2D eigenvalue weighted by Gasteiger charge is 2.32. The summed E-state index contributed by atoms with van der Waals surface area (Å²) in [6, 6.07) is 10.7. The number of ether oxygens (including phenoxy) is 2. The Balaban J connectivity index is 1.97. The second kappa shape index (κ2) is 7.35. The van der Waals surface area contributed by atoms with Gasteiger partial charge in [-0.1, -0.05) is 11.6 Å². The summed E-state index contributed by atoms with van der Waals surface area (Å²) >= 11 is 11.4. The number of nitrogens with one attached hydrogen (secondary N) is 1. The average molecular weight is 389 g/mol. The first-order valence-corrected chi connectivity index (χ1v) is 8.58. The zero-order valence-electron chi connectivity index (χ0n) is 14.5. The van der Waals surface area contributed by atoms with E-state index in [0.717, 1.165) is 11.1 Å². The standard InChI is InChI=1S/C19H17ClN2O3S/c1-11-6-13(20)4-5-17(11)22-18(23)16(21-19(22)26)9-12-7-14(24-2)10-15(8-12)25-3/h4-10H,1-3H3,(H,21,26)/b16-9-. The fourth-order valence-electron chi connectivity index (χ4n) is 2.70. The van der Waals surface area contributed by atoms with E-state index < -0.39 is 0 Å². The van der Waals surface area contributed by atoms with Gasteiger partial charge < -0.3 is 14.8 Å². The summed E-state index contributed by atoms with van der Waals surface area (Å²) in [6.07, 6.45) is 1.71. The van der Waals surface area contributed by atoms with Gasteiger partial charge in [0, 0.05) is 11.1 Å². The van der Waals surface area contributed by atoms with Gasteiger partial charge in [0.25, 0.3) is 5.91 Å². The molecule has 0 aromatic heterocycles. The van der Waals surface area contributed by atoms with Gasteiger partial charge in [-0.05, 0) is 66.7 Å². The molecule has 1 saturated heterocycles. The number of thiocarbonyl (C=S) groups is 1. The van der Waals surface area contributed by atoms with E-state index in [1.165, 1.54) is 4.90 Å². The van der Waals surface area contributed by atoms with Gasteiger partial charge >= 0.3 is 0 Å². The lowest BCUT2D eigenvalue weighted by Gasteiger charge is -2.16. The highest BCUT2D eigenvalue weighted by molar-refractivity contribution is 7.80. The first-order chi connectivity index (χ1) is 12.4. The molecule has 1 aliphatic rings. The van der Waals surface area contributed by atoms with Gasteiger partial charge in [-0.15, -0.1) is 0 Å². The number of carbonyl (C=O) groups excluding carboxylic acids is 1. The summed E-state index contributed by atoms with van der Waals surface area (Å²) in [5.74, 6) is 1.03. The van der Waals surface area contributed by atoms with Crippen LogP contribution in [0.2, 0.25) is 5.02 Å². The van der Waals surface area contributed by atoms with Gasteiger partial charge in [-0.25, -0.2) is 0 Å². The largest absolute Gasteiger partial charge is 0.497 e. The zero-order valence-corrected chi connectivity index (χ0v) is 16.1. The number of methoxy groups -OCH3 is 2. The monoisotopic (exact) mass is 388 g/mol. The molecule has 0 atom stereocenters. The predicted molar refractivity (Wildman–Crippen MR) is 107 cm³/mol. The molecule has 1 heterocycles. The van der Waals surface area contributed by atoms with E-state index in [0.29, 0.717) is 33.0 Å². The van der Waals surface area contributed by atoms with Gasteiger partial charge in [0.1, 0.15) is 17.2 Å². The second-order valence-electron chi connectivity index (χ2n) is 5.71. The molecule has 26 heavy (non-hydrogen) atoms. The van der Waals surface area contributed by atoms with E-state index in [1.807, 2.05) is 19.1 Å². The summed E-state index contributed by atoms with van der Waals surface area (Å²) in [7, 11) is 3.15. The third-order valence-electron chi connectivity index (χ3n) is 3.96. The Hall–Kier alpha value is -2.57. The topological polar surface area (TPSA) is 50.8 Å². The van der Waals surface area contributed by atoms with Crippen LogP contribution in [0.4, 0.5) is 5.69 Å². The molecule has 0 spiro atoms. The number of amides is 1. The summed E-state index contributed by atoms with van der Waals surface area (Å²) in [5.41, 5.74) is 2.69. The number of nitrogens with zero attached hydrogens (tertiary/aromatic N) is 1. The predicted octanol–water partition coefficient (Wildman–Crippen LogP) is 3.93. The minimum Gasteiger partial charge on any atom is -0.497 e. The molecule has 5 nitrogen and oxygen atoms in total. The third kappa shape index (κ3) is 3.52. The van der Waals surface area contributed by atoms with Crippen LogP contribution in [0.3, 0.4) is 0 Å². The van der Waals surface area contributed by atoms with Crippen LogP contribution in [0.5, 0.6) is 11.5 Å². The van der Waals surface area contributed by atoms with Crippen LogP contribution in [0.15, 0.2) is 42.1 Å². The molecule has 0 bridgehead atoms. The number of aryl methyl sites for hydroxylation is 1. The fourth-order valence-corrected chi connectivity index (χ4v) is 3.22. The van der Waals surface area contributed by atoms with Crippen LogP contribution >= 0.6 is 23.8 Å². The maximum Gasteiger partial charge on any atom is 0.281 e. The molecule has 0 radical (unpaired) electrons. The SMILES string of the molecule is COc1cc(/C=C2\NC(=S)N(c3ccc(Cl)cc3C)C2=O)cc(OC)c1. The van der Waals surface area contributed by atoms with Crippen molar-refractivity contribution in [1.29, 1.82) is 0 Å². The highest BCUT2D eigenvalue weighted by atomic mass is 35.5. The quantitative estimate of drug-likeness (QED) is 0.635. The number of halogens is 1. The summed E-state index contributed by atoms with van der Waals surface area (Å²) in [4.78, 5) is 14.3. The minimum atomic E-state index is -0.234. The molecule has 1 fully saturated rings. The van der Waals surface area contributed by atoms with Crippen molar-refractivity contribution in [3.63, 3.8) is 0 Å². The van der Waals surface area contributed by atoms with Crippen LogP contribution < -0.4 is 19.7 Å². The molecule has 1 aliphatic heterocycles. The fraction of sp³-hybridized carbons (Fsp3) is 0.158. The van der Waals surface area contributed by atoms with Crippen LogP contribution in [0, 0.1) is 6.92 Å². The number of anilines is 1. The molecule has 1 amide bonds. The zero-order chi connectivity index (χ0) is 18.8. The van der Waals surface area contributed by atoms with Crippen LogP contribution in [0.1, 0.15) is 11.1 Å². The molecular weight excluding hydrogens is 372 g/mol. The molecule has 0 saturated carbocycles. The number of hydrogen-bond acceptors (Lipinski definition) is 4. The first-order valence-electron chi connectivity index (χ1n) is 7.79. The van der Waals surface area contributed by atoms with E-state index in [2.05, 4.69) is 5.32 Å². The first kappa shape index (κ1) is 18.2. The van der Waals surface area contributed by atoms with Gasteiger partial charge in [0.15, 0.2) is 5.11 Å². The molecule has 0 unspecified atom stereocenters. The van der Waals surface area contributed by atoms with Crippen molar-refractivity contribution in [2.24, 2.45) is 0 Å². The van der Waals surface area contributed by atoms with Crippen molar-refractivity contribution < 1.29 is 14.3 Å². The van der Waals surface area contributed by atoms with Gasteiger partial charge in [-0.2, -0.15) is 0 Å². The molecule has 134 valence electrons. The van der Waals surface area contributed by atoms with E-state index in [4.69, 9.17) is 33.3 Å². The molecular formula is C19H17ClN2O3S. The van der Waals surface area contributed by atoms with E-state index in [1.54, 1.807) is 44.6 Å². The van der Waals surface area contributed by atoms with Crippen LogP contribution in [-0.4, -0.2) is 25.2 Å². The van der Waals surface area contributed by atoms with Crippen molar-refractivity contribution >= 4 is 46.6 Å². The molecule has 0 aliphatic carbocycles. The average Bonchev–Trinajstić information content (AvgIpc) is 2.88. The number of hydrogen-bond donors (Lipinski definition) is 1. The summed E-state index contributed by atoms with van der Waals surface area (Å²) < 4.78 is 10.5. The second-order valence-corrected chi connectivity index (χ2v) is 6.53. The molecule has 1 N–H and O–H groups in total. The normalized spacial score (nSPS) is 15.4. The van der Waals surface area contributed by atoms with E-state index in [9.17, 15) is 4.79 Å². The smallest absolute Gasteiger partial charge is 0.281 e. The Labute approximate surface area is 162 Å². The number of benzene rings is 2. The third-order valence-corrected chi connectivity index (χ3v) is 4.48. The lowest BCUT2D eigenvalue weighted by molar-refractivity contribution is -0.113. The van der Waals surface area contributed by atoms with Crippen LogP contribution in [0.25, 0.3) is 6.08 Å². The summed E-state index contributed by atoms with van der Waals surface area (Å²) in [6.45, 7) is 1.88. The molecule has 2 aromatic carbocycles. The van der Waals surface area contributed by atoms with Crippen molar-refractivity contribution in [3.8, 4) is 11.5 Å². The number of carbonyl (C=O) groups is 1. The maximum absolute atomic E-state index is 12.9. The van der Waals surface area contributed by atoms with E-state index in [-0.39, 0.29) is 5.91 Å². The Kier molecular flexibility index (Phi) is 5.15. The molecule has 3 rings (SSSR count). The van der Waals surface area contributed by atoms with E-state index >= 15 is 0 Å². The molecule has 7 heteroatoms. The summed E-state index contributed by atoms with van der Waals surface area (Å²) in [5, 5.41) is 3.90. The lowest BCUT2D eigenvalue weighted by atomic mass is 10.1. The Morgan fingerprint density at radius 3 is 2.35 bits per heavy atom. The Bertz CT molecular complexity index is 905. The van der Waals surface area contributed by atoms with Crippen LogP contribution in [-0.2, 0) is 4.79 Å². The highest BCUT2D eigenvalue weighted by Crippen LogP contribution is 2.29. The Morgan fingerprint density at radius 2 is 1.77 bits per heavy atom. The lowest BCUT2D eigenvalue weighted by Crippen LogP contribution is -2.30. The molecule has 2 aromatic rings. The van der Waals surface area contributed by atoms with Crippen molar-refractivity contribution in [2.75, 3.05) is 19.1 Å². The van der Waals surface area contributed by atoms with Crippen molar-refractivity contribution in [2.45, 2.75) is 6.92 Å². The van der Waals surface area contributed by atoms with Gasteiger partial charge in [0.05, 0.1) is 19.9 Å².